The van der Waals surface area contributed by atoms with Gasteiger partial charge in [-0.25, -0.2) is 4.98 Å². The zero-order valence-corrected chi connectivity index (χ0v) is 17.8. The summed E-state index contributed by atoms with van der Waals surface area (Å²) in [5.74, 6) is 2.07. The summed E-state index contributed by atoms with van der Waals surface area (Å²) in [6, 6.07) is 0. The predicted molar refractivity (Wildman–Crippen MR) is 114 cm³/mol. The first-order chi connectivity index (χ1) is 13.7. The van der Waals surface area contributed by atoms with Crippen LogP contribution in [-0.2, 0) is 17.6 Å². The highest BCUT2D eigenvalue weighted by molar-refractivity contribution is 7.99. The molecule has 5 rings (SSSR count). The van der Waals surface area contributed by atoms with Crippen LogP contribution in [0.15, 0.2) is 9.95 Å². The second-order valence-electron chi connectivity index (χ2n) is 8.48. The normalized spacial score (nSPS) is 24.8. The number of aryl methyl sites for hydroxylation is 2. The Morgan fingerprint density at radius 2 is 1.96 bits per heavy atom. The molecule has 7 heteroatoms. The highest BCUT2D eigenvalue weighted by atomic mass is 32.2. The third kappa shape index (κ3) is 3.52. The highest BCUT2D eigenvalue weighted by Gasteiger charge is 2.32. The van der Waals surface area contributed by atoms with Gasteiger partial charge in [0, 0.05) is 18.0 Å². The molecule has 3 heterocycles. The molecular formula is C21H27N3O2S2. The molecule has 1 saturated carbocycles. The maximum absolute atomic E-state index is 12.7. The van der Waals surface area contributed by atoms with Crippen molar-refractivity contribution >= 4 is 39.2 Å². The van der Waals surface area contributed by atoms with Crippen molar-refractivity contribution in [3.05, 3.63) is 20.8 Å². The molecule has 1 saturated heterocycles. The summed E-state index contributed by atoms with van der Waals surface area (Å²) in [7, 11) is 0. The quantitative estimate of drug-likeness (QED) is 0.606. The van der Waals surface area contributed by atoms with Gasteiger partial charge in [-0.05, 0) is 55.9 Å². The van der Waals surface area contributed by atoms with Gasteiger partial charge in [-0.3, -0.25) is 9.59 Å². The molecule has 0 aromatic carbocycles. The number of H-pyrrole nitrogens is 1. The van der Waals surface area contributed by atoms with E-state index in [9.17, 15) is 9.59 Å². The zero-order chi connectivity index (χ0) is 19.1. The minimum Gasteiger partial charge on any atom is -0.342 e. The largest absolute Gasteiger partial charge is 0.342 e. The maximum atomic E-state index is 12.7. The van der Waals surface area contributed by atoms with Crippen molar-refractivity contribution in [1.82, 2.24) is 14.9 Å². The molecule has 0 bridgehead atoms. The molecule has 2 aliphatic carbocycles. The second-order valence-corrected chi connectivity index (χ2v) is 10.5. The van der Waals surface area contributed by atoms with E-state index in [0.717, 1.165) is 54.9 Å². The molecule has 2 aromatic rings. The molecule has 0 radical (unpaired) electrons. The van der Waals surface area contributed by atoms with Crippen LogP contribution in [-0.4, -0.2) is 39.6 Å². The van der Waals surface area contributed by atoms with Crippen molar-refractivity contribution < 1.29 is 4.79 Å². The van der Waals surface area contributed by atoms with Crippen LogP contribution in [0, 0.1) is 11.8 Å². The summed E-state index contributed by atoms with van der Waals surface area (Å²) in [6.45, 7) is 1.81. The Hall–Kier alpha value is -1.34. The average Bonchev–Trinajstić information content (AvgIpc) is 3.10. The third-order valence-electron chi connectivity index (χ3n) is 6.78. The number of thiophene rings is 1. The van der Waals surface area contributed by atoms with Crippen molar-refractivity contribution in [2.45, 2.75) is 62.9 Å². The number of hydrogen-bond acceptors (Lipinski definition) is 5. The summed E-state index contributed by atoms with van der Waals surface area (Å²) in [4.78, 5) is 37.2. The molecule has 0 spiro atoms. The van der Waals surface area contributed by atoms with Crippen molar-refractivity contribution in [2.75, 3.05) is 18.8 Å². The van der Waals surface area contributed by atoms with Crippen LogP contribution in [0.4, 0.5) is 0 Å². The lowest BCUT2D eigenvalue weighted by molar-refractivity contribution is -0.131. The van der Waals surface area contributed by atoms with Crippen LogP contribution in [0.25, 0.3) is 10.2 Å². The topological polar surface area (TPSA) is 66.1 Å². The number of thioether (sulfide) groups is 1. The Labute approximate surface area is 173 Å². The molecule has 3 aliphatic rings. The molecule has 1 amide bonds. The number of hydrogen-bond donors (Lipinski definition) is 1. The van der Waals surface area contributed by atoms with E-state index in [1.807, 2.05) is 4.90 Å². The van der Waals surface area contributed by atoms with Crippen LogP contribution in [0.2, 0.25) is 0 Å². The summed E-state index contributed by atoms with van der Waals surface area (Å²) in [6.07, 6.45) is 10.9. The number of amides is 1. The molecule has 0 unspecified atom stereocenters. The fourth-order valence-corrected chi connectivity index (χ4v) is 7.34. The van der Waals surface area contributed by atoms with Gasteiger partial charge in [0.25, 0.3) is 5.56 Å². The van der Waals surface area contributed by atoms with Gasteiger partial charge in [0.05, 0.1) is 11.1 Å². The molecule has 2 fully saturated rings. The van der Waals surface area contributed by atoms with E-state index in [1.54, 1.807) is 11.3 Å². The number of aromatic nitrogens is 2. The predicted octanol–water partition coefficient (Wildman–Crippen LogP) is 3.99. The van der Waals surface area contributed by atoms with Crippen molar-refractivity contribution in [3.63, 3.8) is 0 Å². The monoisotopic (exact) mass is 417 g/mol. The smallest absolute Gasteiger partial charge is 0.260 e. The molecule has 2 aromatic heterocycles. The summed E-state index contributed by atoms with van der Waals surface area (Å²) >= 11 is 3.04. The van der Waals surface area contributed by atoms with Gasteiger partial charge in [-0.1, -0.05) is 31.0 Å². The van der Waals surface area contributed by atoms with E-state index in [2.05, 4.69) is 9.97 Å². The lowest BCUT2D eigenvalue weighted by atomic mass is 9.75. The van der Waals surface area contributed by atoms with E-state index in [4.69, 9.17) is 0 Å². The van der Waals surface area contributed by atoms with Crippen LogP contribution in [0.5, 0.6) is 0 Å². The number of likely N-dealkylation sites (tertiary alicyclic amines) is 1. The summed E-state index contributed by atoms with van der Waals surface area (Å²) in [5, 5.41) is 1.37. The summed E-state index contributed by atoms with van der Waals surface area (Å²) in [5.41, 5.74) is 1.17. The van der Waals surface area contributed by atoms with E-state index < -0.39 is 0 Å². The molecule has 2 atom stereocenters. The van der Waals surface area contributed by atoms with Gasteiger partial charge in [-0.15, -0.1) is 11.3 Å². The highest BCUT2D eigenvalue weighted by Crippen LogP contribution is 2.37. The number of carbonyl (C=O) groups is 1. The number of piperidine rings is 1. The molecule has 1 N–H and O–H groups in total. The lowest BCUT2D eigenvalue weighted by Gasteiger charge is -2.41. The molecule has 28 heavy (non-hydrogen) atoms. The molecule has 5 nitrogen and oxygen atoms in total. The number of fused-ring (bicyclic) bond motifs is 4. The number of carbonyl (C=O) groups excluding carboxylic acids is 1. The van der Waals surface area contributed by atoms with Crippen LogP contribution < -0.4 is 5.56 Å². The van der Waals surface area contributed by atoms with Gasteiger partial charge in [0.15, 0.2) is 5.16 Å². The average molecular weight is 418 g/mol. The maximum Gasteiger partial charge on any atom is 0.260 e. The number of aromatic amines is 1. The Kier molecular flexibility index (Phi) is 5.22. The van der Waals surface area contributed by atoms with Crippen LogP contribution >= 0.6 is 23.1 Å². The van der Waals surface area contributed by atoms with Crippen LogP contribution in [0.1, 0.15) is 55.4 Å². The molecular weight excluding hydrogens is 390 g/mol. The zero-order valence-electron chi connectivity index (χ0n) is 16.2. The van der Waals surface area contributed by atoms with Gasteiger partial charge in [0.2, 0.25) is 5.91 Å². The molecule has 150 valence electrons. The fourth-order valence-electron chi connectivity index (χ4n) is 5.26. The first kappa shape index (κ1) is 18.7. The Morgan fingerprint density at radius 3 is 2.86 bits per heavy atom. The van der Waals surface area contributed by atoms with Gasteiger partial charge in [-0.2, -0.15) is 0 Å². The minimum atomic E-state index is -0.0395. The van der Waals surface area contributed by atoms with Crippen molar-refractivity contribution in [3.8, 4) is 0 Å². The van der Waals surface area contributed by atoms with Crippen molar-refractivity contribution in [2.24, 2.45) is 11.8 Å². The Balaban J connectivity index is 1.27. The SMILES string of the molecule is O=C(CSc1nc2sc3c(c2c(=O)[nH]1)CCCC3)N1CC[C@@H]2CCCC[C@@H]2C1. The third-order valence-corrected chi connectivity index (χ3v) is 8.82. The van der Waals surface area contributed by atoms with Gasteiger partial charge >= 0.3 is 0 Å². The number of nitrogens with one attached hydrogen (secondary N) is 1. The first-order valence-corrected chi connectivity index (χ1v) is 12.4. The van der Waals surface area contributed by atoms with Crippen LogP contribution in [0.3, 0.4) is 0 Å². The van der Waals surface area contributed by atoms with Gasteiger partial charge in [0.1, 0.15) is 4.83 Å². The minimum absolute atomic E-state index is 0.0395. The van der Waals surface area contributed by atoms with E-state index >= 15 is 0 Å². The number of nitrogens with zero attached hydrogens (tertiary/aromatic N) is 2. The first-order valence-electron chi connectivity index (χ1n) is 10.6. The van der Waals surface area contributed by atoms with E-state index in [1.165, 1.54) is 54.3 Å². The summed E-state index contributed by atoms with van der Waals surface area (Å²) < 4.78 is 0. The second kappa shape index (κ2) is 7.82. The van der Waals surface area contributed by atoms with E-state index in [-0.39, 0.29) is 11.5 Å². The van der Waals surface area contributed by atoms with Gasteiger partial charge < -0.3 is 9.88 Å². The van der Waals surface area contributed by atoms with Crippen molar-refractivity contribution in [1.29, 1.82) is 0 Å². The Bertz CT molecular complexity index is 951. The lowest BCUT2D eigenvalue weighted by Crippen LogP contribution is -2.45. The number of rotatable bonds is 3. The van der Waals surface area contributed by atoms with E-state index in [0.29, 0.717) is 16.8 Å². The molecule has 1 aliphatic heterocycles. The Morgan fingerprint density at radius 1 is 1.14 bits per heavy atom. The standard InChI is InChI=1S/C21H27N3O2S2/c25-17(24-10-9-13-5-1-2-6-14(13)11-24)12-27-21-22-19(26)18-15-7-3-4-8-16(15)28-20(18)23-21/h13-14H,1-12H2,(H,22,23,26)/t13-,14+/m0/s1. The fraction of sp³-hybridized carbons (Fsp3) is 0.667.